The first-order valence-corrected chi connectivity index (χ1v) is 7.70. The molecule has 0 atom stereocenters. The second-order valence-electron chi connectivity index (χ2n) is 5.86. The van der Waals surface area contributed by atoms with E-state index < -0.39 is 23.5 Å². The Labute approximate surface area is 169 Å². The van der Waals surface area contributed by atoms with Gasteiger partial charge in [0.15, 0.2) is 0 Å². The fourth-order valence-electron chi connectivity index (χ4n) is 2.63. The maximum Gasteiger partial charge on any atom is 0.416 e. The number of nitrogens with zero attached hydrogens (tertiary/aromatic N) is 2. The molecule has 1 aliphatic rings. The van der Waals surface area contributed by atoms with Crippen LogP contribution in [0.3, 0.4) is 0 Å². The Morgan fingerprint density at radius 1 is 0.929 bits per heavy atom. The van der Waals surface area contributed by atoms with Gasteiger partial charge in [0.05, 0.1) is 16.8 Å². The number of anilines is 1. The highest BCUT2D eigenvalue weighted by atomic mass is 35.5. The summed E-state index contributed by atoms with van der Waals surface area (Å²) in [4.78, 5) is 8.33. The summed E-state index contributed by atoms with van der Waals surface area (Å²) < 4.78 is 77.0. The maximum absolute atomic E-state index is 12.8. The van der Waals surface area contributed by atoms with Crippen LogP contribution in [0.1, 0.15) is 27.9 Å². The number of benzene rings is 1. The number of halogens is 8. The van der Waals surface area contributed by atoms with Crippen LogP contribution in [0.2, 0.25) is 0 Å². The number of hydrogen-bond acceptors (Lipinski definition) is 4. The minimum Gasteiger partial charge on any atom is -0.354 e. The van der Waals surface area contributed by atoms with Gasteiger partial charge in [0.25, 0.3) is 0 Å². The minimum absolute atomic E-state index is 0. The van der Waals surface area contributed by atoms with Crippen molar-refractivity contribution >= 4 is 30.8 Å². The van der Waals surface area contributed by atoms with Crippen molar-refractivity contribution in [2.24, 2.45) is 0 Å². The minimum atomic E-state index is -4.85. The van der Waals surface area contributed by atoms with Gasteiger partial charge in [0.1, 0.15) is 0 Å². The van der Waals surface area contributed by atoms with E-state index in [0.717, 1.165) is 23.4 Å². The van der Waals surface area contributed by atoms with Crippen molar-refractivity contribution in [1.29, 1.82) is 0 Å². The molecule has 3 rings (SSSR count). The van der Waals surface area contributed by atoms with Crippen molar-refractivity contribution in [2.45, 2.75) is 31.9 Å². The summed E-state index contributed by atoms with van der Waals surface area (Å²) >= 11 is 0. The van der Waals surface area contributed by atoms with Crippen LogP contribution in [0.4, 0.5) is 32.3 Å². The zero-order valence-electron chi connectivity index (χ0n) is 14.1. The molecule has 0 saturated carbocycles. The number of rotatable bonds is 4. The largest absolute Gasteiger partial charge is 0.416 e. The number of alkyl halides is 6. The third kappa shape index (κ3) is 5.86. The summed E-state index contributed by atoms with van der Waals surface area (Å²) in [6, 6.07) is 1.57. The van der Waals surface area contributed by atoms with Gasteiger partial charge >= 0.3 is 12.4 Å². The molecule has 0 aliphatic carbocycles. The second-order valence-corrected chi connectivity index (χ2v) is 5.86. The molecule has 0 saturated heterocycles. The van der Waals surface area contributed by atoms with Gasteiger partial charge in [-0.15, -0.1) is 24.8 Å². The maximum atomic E-state index is 12.8. The third-order valence-electron chi connectivity index (χ3n) is 3.91. The van der Waals surface area contributed by atoms with Gasteiger partial charge in [0, 0.05) is 31.4 Å². The molecule has 0 fully saturated rings. The molecule has 0 amide bonds. The molecule has 0 bridgehead atoms. The number of hydrogen-bond donors (Lipinski definition) is 2. The fraction of sp³-hybridized carbons (Fsp3) is 0.375. The number of fused-ring (bicyclic) bond motifs is 1. The van der Waals surface area contributed by atoms with Gasteiger partial charge in [0.2, 0.25) is 5.95 Å². The summed E-state index contributed by atoms with van der Waals surface area (Å²) in [6.07, 6.45) is -8.10. The van der Waals surface area contributed by atoms with Gasteiger partial charge in [-0.3, -0.25) is 0 Å². The predicted molar refractivity (Wildman–Crippen MR) is 95.7 cm³/mol. The van der Waals surface area contributed by atoms with Crippen LogP contribution < -0.4 is 10.6 Å². The molecule has 1 aliphatic heterocycles. The first kappa shape index (κ1) is 24.3. The van der Waals surface area contributed by atoms with Crippen molar-refractivity contribution < 1.29 is 26.3 Å². The lowest BCUT2D eigenvalue weighted by atomic mass is 10.0. The zero-order valence-corrected chi connectivity index (χ0v) is 15.7. The van der Waals surface area contributed by atoms with E-state index in [0.29, 0.717) is 13.1 Å². The first-order valence-electron chi connectivity index (χ1n) is 7.70. The van der Waals surface area contributed by atoms with Crippen molar-refractivity contribution in [3.63, 3.8) is 0 Å². The highest BCUT2D eigenvalue weighted by Gasteiger charge is 2.36. The third-order valence-corrected chi connectivity index (χ3v) is 3.91. The van der Waals surface area contributed by atoms with Crippen molar-refractivity contribution in [2.75, 3.05) is 11.9 Å². The molecule has 156 valence electrons. The molecule has 1 aromatic carbocycles. The van der Waals surface area contributed by atoms with E-state index >= 15 is 0 Å². The Hall–Kier alpha value is -1.78. The van der Waals surface area contributed by atoms with Gasteiger partial charge < -0.3 is 10.6 Å². The highest BCUT2D eigenvalue weighted by molar-refractivity contribution is 5.85. The standard InChI is InChI=1S/C16H14F6N4.2ClH/c17-15(18,19)11-3-9(4-12(5-11)16(20,21)22)1-2-24-14-25-7-10-6-23-8-13(10)26-14;;/h3-5,7,23H,1-2,6,8H2,(H,24,25,26);2*1H. The van der Waals surface area contributed by atoms with Crippen molar-refractivity contribution in [3.05, 3.63) is 52.3 Å². The van der Waals surface area contributed by atoms with E-state index in [2.05, 4.69) is 20.6 Å². The monoisotopic (exact) mass is 448 g/mol. The van der Waals surface area contributed by atoms with Gasteiger partial charge in [-0.2, -0.15) is 26.3 Å². The molecule has 0 unspecified atom stereocenters. The molecule has 1 aromatic heterocycles. The quantitative estimate of drug-likeness (QED) is 0.670. The molecular weight excluding hydrogens is 433 g/mol. The molecule has 12 heteroatoms. The lowest BCUT2D eigenvalue weighted by Gasteiger charge is -2.14. The zero-order chi connectivity index (χ0) is 18.9. The SMILES string of the molecule is Cl.Cl.FC(F)(F)c1cc(CCNc2ncc3c(n2)CNC3)cc(C(F)(F)F)c1. The normalized spacial score (nSPS) is 13.4. The Kier molecular flexibility index (Phi) is 7.92. The van der Waals surface area contributed by atoms with Crippen LogP contribution in [0, 0.1) is 0 Å². The molecule has 2 heterocycles. The van der Waals surface area contributed by atoms with Crippen molar-refractivity contribution in [1.82, 2.24) is 15.3 Å². The predicted octanol–water partition coefficient (Wildman–Crippen LogP) is 4.62. The Morgan fingerprint density at radius 2 is 1.54 bits per heavy atom. The van der Waals surface area contributed by atoms with Crippen LogP contribution in [0.15, 0.2) is 24.4 Å². The van der Waals surface area contributed by atoms with E-state index in [1.54, 1.807) is 6.20 Å². The van der Waals surface area contributed by atoms with Crippen LogP contribution in [-0.4, -0.2) is 16.5 Å². The van der Waals surface area contributed by atoms with Gasteiger partial charge in [-0.1, -0.05) is 0 Å². The fourth-order valence-corrected chi connectivity index (χ4v) is 2.63. The lowest BCUT2D eigenvalue weighted by Crippen LogP contribution is -2.14. The topological polar surface area (TPSA) is 49.8 Å². The number of aromatic nitrogens is 2. The second kappa shape index (κ2) is 9.15. The van der Waals surface area contributed by atoms with Crippen LogP contribution in [0.25, 0.3) is 0 Å². The molecule has 0 spiro atoms. The van der Waals surface area contributed by atoms with E-state index in [9.17, 15) is 26.3 Å². The Bertz CT molecular complexity index is 778. The summed E-state index contributed by atoms with van der Waals surface area (Å²) in [6.45, 7) is 1.36. The smallest absolute Gasteiger partial charge is 0.354 e. The summed E-state index contributed by atoms with van der Waals surface area (Å²) in [5.74, 6) is 0.287. The summed E-state index contributed by atoms with van der Waals surface area (Å²) in [5, 5.41) is 5.92. The molecule has 4 nitrogen and oxygen atoms in total. The summed E-state index contributed by atoms with van der Waals surface area (Å²) in [5.41, 5.74) is -0.920. The Morgan fingerprint density at radius 3 is 2.11 bits per heavy atom. The molecular formula is C16H16Cl2F6N4. The molecule has 0 radical (unpaired) electrons. The van der Waals surface area contributed by atoms with Crippen LogP contribution in [-0.2, 0) is 31.9 Å². The molecule has 2 N–H and O–H groups in total. The van der Waals surface area contributed by atoms with Crippen LogP contribution >= 0.6 is 24.8 Å². The van der Waals surface area contributed by atoms with Gasteiger partial charge in [-0.05, 0) is 30.2 Å². The van der Waals surface area contributed by atoms with E-state index in [1.807, 2.05) is 0 Å². The lowest BCUT2D eigenvalue weighted by molar-refractivity contribution is -0.143. The van der Waals surface area contributed by atoms with E-state index in [4.69, 9.17) is 0 Å². The van der Waals surface area contributed by atoms with E-state index in [1.165, 1.54) is 0 Å². The van der Waals surface area contributed by atoms with Crippen molar-refractivity contribution in [3.8, 4) is 0 Å². The molecule has 2 aromatic rings. The van der Waals surface area contributed by atoms with Gasteiger partial charge in [-0.25, -0.2) is 9.97 Å². The van der Waals surface area contributed by atoms with E-state index in [-0.39, 0.29) is 55.4 Å². The van der Waals surface area contributed by atoms with Crippen LogP contribution in [0.5, 0.6) is 0 Å². The first-order chi connectivity index (χ1) is 12.1. The Balaban J connectivity index is 0.00000196. The average Bonchev–Trinajstić information content (AvgIpc) is 3.00. The molecule has 28 heavy (non-hydrogen) atoms. The number of nitrogens with one attached hydrogen (secondary N) is 2. The summed E-state index contributed by atoms with van der Waals surface area (Å²) in [7, 11) is 0. The highest BCUT2D eigenvalue weighted by Crippen LogP contribution is 2.36. The average molecular weight is 449 g/mol.